The summed E-state index contributed by atoms with van der Waals surface area (Å²) >= 11 is 0. The van der Waals surface area contributed by atoms with E-state index in [1.54, 1.807) is 0 Å². The molecular weight excluding hydrogens is 240 g/mol. The lowest BCUT2D eigenvalue weighted by atomic mass is 10.3. The van der Waals surface area contributed by atoms with Crippen molar-refractivity contribution in [2.24, 2.45) is 17.2 Å². The number of nitrogens with two attached hydrogens (primary N) is 3. The topological polar surface area (TPSA) is 105 Å². The molecule has 0 unspecified atom stereocenters. The number of nitrogens with zero attached hydrogens (tertiary/aromatic N) is 1. The van der Waals surface area contributed by atoms with Crippen LogP contribution in [0.2, 0.25) is 0 Å². The highest BCUT2D eigenvalue weighted by molar-refractivity contribution is 4.62. The molecule has 0 bridgehead atoms. The smallest absolute Gasteiger partial charge is 0.0107 e. The largest absolute Gasteiger partial charge is 0.330 e. The maximum Gasteiger partial charge on any atom is 0.0107 e. The van der Waals surface area contributed by atoms with E-state index in [0.29, 0.717) is 0 Å². The summed E-state index contributed by atoms with van der Waals surface area (Å²) in [6.45, 7) is 9.55. The third kappa shape index (κ3) is 14.0. The molecule has 19 heavy (non-hydrogen) atoms. The maximum atomic E-state index is 5.56. The van der Waals surface area contributed by atoms with Gasteiger partial charge in [0.1, 0.15) is 0 Å². The molecule has 0 saturated carbocycles. The van der Waals surface area contributed by atoms with Crippen LogP contribution in [0.15, 0.2) is 0 Å². The SMILES string of the molecule is NCCCNCCNCCN(CCCN)CCCN. The molecule has 0 aromatic carbocycles. The van der Waals surface area contributed by atoms with Gasteiger partial charge in [-0.1, -0.05) is 0 Å². The Bertz CT molecular complexity index is 159. The Labute approximate surface area is 118 Å². The lowest BCUT2D eigenvalue weighted by Crippen LogP contribution is -2.37. The van der Waals surface area contributed by atoms with Crippen LogP contribution >= 0.6 is 0 Å². The van der Waals surface area contributed by atoms with E-state index in [1.165, 1.54) is 0 Å². The van der Waals surface area contributed by atoms with Crippen LogP contribution < -0.4 is 27.8 Å². The first-order chi connectivity index (χ1) is 9.35. The second-order valence-electron chi connectivity index (χ2n) is 4.77. The Kier molecular flexibility index (Phi) is 15.6. The highest BCUT2D eigenvalue weighted by atomic mass is 15.1. The van der Waals surface area contributed by atoms with Crippen LogP contribution in [0.3, 0.4) is 0 Å². The average molecular weight is 274 g/mol. The van der Waals surface area contributed by atoms with Gasteiger partial charge >= 0.3 is 0 Å². The van der Waals surface area contributed by atoms with Crippen molar-refractivity contribution in [1.82, 2.24) is 15.5 Å². The van der Waals surface area contributed by atoms with Gasteiger partial charge in [-0.05, 0) is 58.5 Å². The fourth-order valence-electron chi connectivity index (χ4n) is 1.86. The fraction of sp³-hybridized carbons (Fsp3) is 1.00. The van der Waals surface area contributed by atoms with Crippen molar-refractivity contribution in [1.29, 1.82) is 0 Å². The van der Waals surface area contributed by atoms with Crippen LogP contribution in [0.4, 0.5) is 0 Å². The Balaban J connectivity index is 3.40. The van der Waals surface area contributed by atoms with Crippen LogP contribution in [0.1, 0.15) is 19.3 Å². The molecule has 0 atom stereocenters. The Hall–Kier alpha value is -0.240. The van der Waals surface area contributed by atoms with Crippen LogP contribution in [0.5, 0.6) is 0 Å². The molecule has 0 aliphatic rings. The zero-order chi connectivity index (χ0) is 14.2. The minimum Gasteiger partial charge on any atom is -0.330 e. The Morgan fingerprint density at radius 2 is 1.11 bits per heavy atom. The van der Waals surface area contributed by atoms with Crippen molar-refractivity contribution >= 4 is 0 Å². The molecule has 0 saturated heterocycles. The zero-order valence-electron chi connectivity index (χ0n) is 12.4. The predicted molar refractivity (Wildman–Crippen MR) is 83.2 cm³/mol. The molecule has 6 heteroatoms. The van der Waals surface area contributed by atoms with Gasteiger partial charge in [-0.3, -0.25) is 0 Å². The molecule has 0 fully saturated rings. The van der Waals surface area contributed by atoms with Crippen molar-refractivity contribution in [2.75, 3.05) is 65.4 Å². The van der Waals surface area contributed by atoms with E-state index in [2.05, 4.69) is 15.5 Å². The molecule has 0 aliphatic heterocycles. The molecule has 6 nitrogen and oxygen atoms in total. The molecule has 0 amide bonds. The Morgan fingerprint density at radius 1 is 0.579 bits per heavy atom. The second-order valence-corrected chi connectivity index (χ2v) is 4.77. The van der Waals surface area contributed by atoms with Gasteiger partial charge in [0.05, 0.1) is 0 Å². The van der Waals surface area contributed by atoms with Crippen molar-refractivity contribution < 1.29 is 0 Å². The highest BCUT2D eigenvalue weighted by Gasteiger charge is 2.02. The number of rotatable bonds is 15. The normalized spacial score (nSPS) is 11.4. The average Bonchev–Trinajstić information content (AvgIpc) is 2.43. The van der Waals surface area contributed by atoms with E-state index in [1.807, 2.05) is 0 Å². The molecule has 0 heterocycles. The van der Waals surface area contributed by atoms with Gasteiger partial charge in [0, 0.05) is 26.2 Å². The van der Waals surface area contributed by atoms with Crippen LogP contribution in [0.25, 0.3) is 0 Å². The first-order valence-corrected chi connectivity index (χ1v) is 7.59. The molecular formula is C13H34N6. The monoisotopic (exact) mass is 274 g/mol. The predicted octanol–water partition coefficient (Wildman–Crippen LogP) is -1.49. The molecule has 0 radical (unpaired) electrons. The number of nitrogens with one attached hydrogen (secondary N) is 2. The van der Waals surface area contributed by atoms with Gasteiger partial charge < -0.3 is 32.7 Å². The van der Waals surface area contributed by atoms with Gasteiger partial charge in [-0.2, -0.15) is 0 Å². The lowest BCUT2D eigenvalue weighted by Gasteiger charge is -2.22. The molecule has 116 valence electrons. The van der Waals surface area contributed by atoms with E-state index in [4.69, 9.17) is 17.2 Å². The summed E-state index contributed by atoms with van der Waals surface area (Å²) in [6, 6.07) is 0. The first kappa shape index (κ1) is 18.8. The van der Waals surface area contributed by atoms with E-state index in [9.17, 15) is 0 Å². The zero-order valence-corrected chi connectivity index (χ0v) is 12.4. The van der Waals surface area contributed by atoms with Crippen molar-refractivity contribution in [3.63, 3.8) is 0 Å². The maximum absolute atomic E-state index is 5.56. The van der Waals surface area contributed by atoms with Gasteiger partial charge in [0.25, 0.3) is 0 Å². The molecule has 0 aromatic rings. The molecule has 0 spiro atoms. The molecule has 8 N–H and O–H groups in total. The van der Waals surface area contributed by atoms with Crippen LogP contribution in [0, 0.1) is 0 Å². The van der Waals surface area contributed by atoms with Gasteiger partial charge in [-0.25, -0.2) is 0 Å². The first-order valence-electron chi connectivity index (χ1n) is 7.59. The Morgan fingerprint density at radius 3 is 1.63 bits per heavy atom. The summed E-state index contributed by atoms with van der Waals surface area (Å²) < 4.78 is 0. The fourth-order valence-corrected chi connectivity index (χ4v) is 1.86. The number of hydrogen-bond acceptors (Lipinski definition) is 6. The second kappa shape index (κ2) is 15.8. The summed E-state index contributed by atoms with van der Waals surface area (Å²) in [7, 11) is 0. The number of hydrogen-bond donors (Lipinski definition) is 5. The van der Waals surface area contributed by atoms with E-state index >= 15 is 0 Å². The minimum atomic E-state index is 0.762. The summed E-state index contributed by atoms with van der Waals surface area (Å²) in [4.78, 5) is 2.44. The summed E-state index contributed by atoms with van der Waals surface area (Å²) in [6.07, 6.45) is 3.17. The third-order valence-corrected chi connectivity index (χ3v) is 3.00. The summed E-state index contributed by atoms with van der Waals surface area (Å²) in [5.74, 6) is 0. The lowest BCUT2D eigenvalue weighted by molar-refractivity contribution is 0.269. The van der Waals surface area contributed by atoms with Crippen LogP contribution in [-0.4, -0.2) is 70.3 Å². The van der Waals surface area contributed by atoms with Crippen molar-refractivity contribution in [2.45, 2.75) is 19.3 Å². The van der Waals surface area contributed by atoms with Crippen molar-refractivity contribution in [3.05, 3.63) is 0 Å². The van der Waals surface area contributed by atoms with E-state index in [-0.39, 0.29) is 0 Å². The van der Waals surface area contributed by atoms with Gasteiger partial charge in [0.2, 0.25) is 0 Å². The van der Waals surface area contributed by atoms with E-state index in [0.717, 1.165) is 84.7 Å². The van der Waals surface area contributed by atoms with E-state index < -0.39 is 0 Å². The van der Waals surface area contributed by atoms with Crippen molar-refractivity contribution in [3.8, 4) is 0 Å². The van der Waals surface area contributed by atoms with Gasteiger partial charge in [0.15, 0.2) is 0 Å². The summed E-state index contributed by atoms with van der Waals surface area (Å²) in [5.41, 5.74) is 16.5. The molecule has 0 aliphatic carbocycles. The molecule has 0 aromatic heterocycles. The minimum absolute atomic E-state index is 0.762. The highest BCUT2D eigenvalue weighted by Crippen LogP contribution is 1.92. The standard InChI is InChI=1S/C13H34N6/c14-4-1-7-17-8-9-18-10-13-19(11-2-5-15)12-3-6-16/h17-18H,1-16H2. The summed E-state index contributed by atoms with van der Waals surface area (Å²) in [5, 5.41) is 6.80. The quantitative estimate of drug-likeness (QED) is 0.233. The van der Waals surface area contributed by atoms with Crippen LogP contribution in [-0.2, 0) is 0 Å². The van der Waals surface area contributed by atoms with Gasteiger partial charge in [-0.15, -0.1) is 0 Å². The molecule has 0 rings (SSSR count). The third-order valence-electron chi connectivity index (χ3n) is 3.00.